The van der Waals surface area contributed by atoms with Crippen LogP contribution in [0.1, 0.15) is 18.4 Å². The second-order valence-electron chi connectivity index (χ2n) is 3.48. The molecule has 1 aromatic heterocycles. The van der Waals surface area contributed by atoms with E-state index in [1.165, 1.54) is 20.9 Å². The summed E-state index contributed by atoms with van der Waals surface area (Å²) in [6, 6.07) is 1.13. The summed E-state index contributed by atoms with van der Waals surface area (Å²) in [6.07, 6.45) is 0. The van der Waals surface area contributed by atoms with Crippen LogP contribution < -0.4 is 0 Å². The van der Waals surface area contributed by atoms with Crippen molar-refractivity contribution in [1.82, 2.24) is 9.46 Å². The van der Waals surface area contributed by atoms with Crippen LogP contribution in [0.15, 0.2) is 9.42 Å². The Bertz CT molecular complexity index is 507. The van der Waals surface area contributed by atoms with Crippen molar-refractivity contribution in [1.29, 1.82) is 5.26 Å². The molecule has 16 heavy (non-hydrogen) atoms. The second-order valence-corrected chi connectivity index (χ2v) is 5.41. The third kappa shape index (κ3) is 1.94. The first-order valence-electron chi connectivity index (χ1n) is 4.63. The Morgan fingerprint density at radius 3 is 2.44 bits per heavy atom. The zero-order valence-electron chi connectivity index (χ0n) is 9.55. The number of aryl methyl sites for hydroxylation is 2. The molecule has 1 atom stereocenters. The molecule has 6 nitrogen and oxygen atoms in total. The molecule has 0 amide bonds. The van der Waals surface area contributed by atoms with E-state index in [0.29, 0.717) is 5.69 Å². The van der Waals surface area contributed by atoms with E-state index < -0.39 is 16.1 Å². The number of sulfonamides is 1. The molecule has 0 spiro atoms. The van der Waals surface area contributed by atoms with Gasteiger partial charge in [-0.1, -0.05) is 5.16 Å². The van der Waals surface area contributed by atoms with E-state index in [-0.39, 0.29) is 10.7 Å². The highest BCUT2D eigenvalue weighted by Crippen LogP contribution is 2.23. The monoisotopic (exact) mass is 243 g/mol. The highest BCUT2D eigenvalue weighted by Gasteiger charge is 2.31. The van der Waals surface area contributed by atoms with E-state index in [2.05, 4.69) is 5.16 Å². The summed E-state index contributed by atoms with van der Waals surface area (Å²) in [5, 5.41) is 12.3. The number of rotatable bonds is 3. The maximum absolute atomic E-state index is 12.1. The molecular formula is C9H13N3O3S. The number of hydrogen-bond donors (Lipinski definition) is 0. The number of nitrogens with zero attached hydrogens (tertiary/aromatic N) is 3. The van der Waals surface area contributed by atoms with E-state index in [9.17, 15) is 8.42 Å². The minimum Gasteiger partial charge on any atom is -0.360 e. The molecule has 0 radical (unpaired) electrons. The fourth-order valence-corrected chi connectivity index (χ4v) is 2.84. The van der Waals surface area contributed by atoms with Gasteiger partial charge in [0, 0.05) is 7.05 Å². The first kappa shape index (κ1) is 12.7. The molecule has 0 bridgehead atoms. The van der Waals surface area contributed by atoms with Crippen LogP contribution in [0.4, 0.5) is 0 Å². The van der Waals surface area contributed by atoms with Gasteiger partial charge in [-0.3, -0.25) is 0 Å². The molecule has 0 aliphatic heterocycles. The van der Waals surface area contributed by atoms with Gasteiger partial charge in [0.1, 0.15) is 16.6 Å². The molecule has 1 unspecified atom stereocenters. The summed E-state index contributed by atoms with van der Waals surface area (Å²) in [4.78, 5) is 0.0390. The number of nitriles is 1. The highest BCUT2D eigenvalue weighted by molar-refractivity contribution is 7.89. The molecule has 7 heteroatoms. The van der Waals surface area contributed by atoms with E-state index >= 15 is 0 Å². The molecule has 0 saturated carbocycles. The van der Waals surface area contributed by atoms with Crippen LogP contribution in [0.2, 0.25) is 0 Å². The average molecular weight is 243 g/mol. The second kappa shape index (κ2) is 4.23. The molecule has 1 aromatic rings. The fourth-order valence-electron chi connectivity index (χ4n) is 1.28. The number of aromatic nitrogens is 1. The summed E-state index contributed by atoms with van der Waals surface area (Å²) < 4.78 is 30.0. The summed E-state index contributed by atoms with van der Waals surface area (Å²) in [6.45, 7) is 4.59. The lowest BCUT2D eigenvalue weighted by Gasteiger charge is -2.18. The molecular weight excluding hydrogens is 230 g/mol. The third-order valence-electron chi connectivity index (χ3n) is 2.34. The van der Waals surface area contributed by atoms with Crippen molar-refractivity contribution < 1.29 is 12.9 Å². The van der Waals surface area contributed by atoms with E-state index in [0.717, 1.165) is 4.31 Å². The number of hydrogen-bond acceptors (Lipinski definition) is 5. The molecule has 0 saturated heterocycles. The lowest BCUT2D eigenvalue weighted by Crippen LogP contribution is -2.34. The van der Waals surface area contributed by atoms with E-state index in [4.69, 9.17) is 9.78 Å². The fraction of sp³-hybridized carbons (Fsp3) is 0.556. The minimum atomic E-state index is -3.71. The minimum absolute atomic E-state index is 0.0390. The van der Waals surface area contributed by atoms with Gasteiger partial charge in [-0.25, -0.2) is 8.42 Å². The Kier molecular flexibility index (Phi) is 3.35. The molecule has 1 rings (SSSR count). The van der Waals surface area contributed by atoms with Crippen LogP contribution in [-0.4, -0.2) is 31.0 Å². The van der Waals surface area contributed by atoms with Crippen LogP contribution in [-0.2, 0) is 10.0 Å². The standard InChI is InChI=1S/C9H13N3O3S/c1-6(5-10)12(4)16(13,14)9-7(2)11-15-8(9)3/h6H,1-4H3. The molecule has 0 N–H and O–H groups in total. The first-order valence-corrected chi connectivity index (χ1v) is 6.07. The van der Waals surface area contributed by atoms with Gasteiger partial charge in [-0.05, 0) is 20.8 Å². The van der Waals surface area contributed by atoms with Crippen LogP contribution in [0.5, 0.6) is 0 Å². The Balaban J connectivity index is 3.29. The molecule has 0 fully saturated rings. The Labute approximate surface area is 94.5 Å². The Hall–Kier alpha value is -1.39. The lowest BCUT2D eigenvalue weighted by atomic mass is 10.4. The van der Waals surface area contributed by atoms with Gasteiger partial charge < -0.3 is 4.52 Å². The van der Waals surface area contributed by atoms with Gasteiger partial charge in [0.15, 0.2) is 5.76 Å². The molecule has 1 heterocycles. The maximum Gasteiger partial charge on any atom is 0.249 e. The highest BCUT2D eigenvalue weighted by atomic mass is 32.2. The molecule has 0 aliphatic carbocycles. The Morgan fingerprint density at radius 1 is 1.50 bits per heavy atom. The first-order chi connectivity index (χ1) is 7.32. The SMILES string of the molecule is Cc1noc(C)c1S(=O)(=O)N(C)C(C)C#N. The van der Waals surface area contributed by atoms with E-state index in [1.54, 1.807) is 6.92 Å². The van der Waals surface area contributed by atoms with Crippen molar-refractivity contribution in [2.45, 2.75) is 31.7 Å². The van der Waals surface area contributed by atoms with Crippen molar-refractivity contribution in [3.63, 3.8) is 0 Å². The summed E-state index contributed by atoms with van der Waals surface area (Å²) in [7, 11) is -2.36. The van der Waals surface area contributed by atoms with E-state index in [1.807, 2.05) is 6.07 Å². The normalized spacial score (nSPS) is 13.8. The van der Waals surface area contributed by atoms with Crippen molar-refractivity contribution in [3.8, 4) is 6.07 Å². The van der Waals surface area contributed by atoms with Crippen LogP contribution in [0, 0.1) is 25.2 Å². The van der Waals surface area contributed by atoms with Gasteiger partial charge in [0.25, 0.3) is 0 Å². The predicted molar refractivity (Wildman–Crippen MR) is 56.0 cm³/mol. The zero-order chi connectivity index (χ0) is 12.5. The van der Waals surface area contributed by atoms with Crippen molar-refractivity contribution in [2.75, 3.05) is 7.05 Å². The molecule has 0 aromatic carbocycles. The largest absolute Gasteiger partial charge is 0.360 e. The predicted octanol–water partition coefficient (Wildman–Crippen LogP) is 0.824. The third-order valence-corrected chi connectivity index (χ3v) is 4.51. The average Bonchev–Trinajstić information content (AvgIpc) is 2.56. The van der Waals surface area contributed by atoms with Gasteiger partial charge in [-0.2, -0.15) is 9.57 Å². The van der Waals surface area contributed by atoms with Crippen molar-refractivity contribution >= 4 is 10.0 Å². The molecule has 0 aliphatic rings. The summed E-state index contributed by atoms with van der Waals surface area (Å²) in [5.74, 6) is 0.231. The quantitative estimate of drug-likeness (QED) is 0.784. The lowest BCUT2D eigenvalue weighted by molar-refractivity contribution is 0.389. The summed E-state index contributed by atoms with van der Waals surface area (Å²) in [5.41, 5.74) is 0.300. The zero-order valence-corrected chi connectivity index (χ0v) is 10.4. The maximum atomic E-state index is 12.1. The van der Waals surface area contributed by atoms with Crippen LogP contribution in [0.3, 0.4) is 0 Å². The van der Waals surface area contributed by atoms with Gasteiger partial charge in [0.2, 0.25) is 10.0 Å². The topological polar surface area (TPSA) is 87.2 Å². The van der Waals surface area contributed by atoms with Crippen LogP contribution >= 0.6 is 0 Å². The summed E-state index contributed by atoms with van der Waals surface area (Å²) >= 11 is 0. The van der Waals surface area contributed by atoms with Gasteiger partial charge >= 0.3 is 0 Å². The van der Waals surface area contributed by atoms with Crippen molar-refractivity contribution in [2.24, 2.45) is 0 Å². The van der Waals surface area contributed by atoms with Crippen LogP contribution in [0.25, 0.3) is 0 Å². The molecule has 88 valence electrons. The Morgan fingerprint density at radius 2 is 2.06 bits per heavy atom. The smallest absolute Gasteiger partial charge is 0.249 e. The van der Waals surface area contributed by atoms with Gasteiger partial charge in [-0.15, -0.1) is 0 Å². The van der Waals surface area contributed by atoms with Crippen molar-refractivity contribution in [3.05, 3.63) is 11.5 Å². The van der Waals surface area contributed by atoms with Gasteiger partial charge in [0.05, 0.1) is 6.07 Å².